The number of likely N-dealkylation sites (N-methyl/N-ethyl adjacent to an activating group) is 1. The molecule has 2 N–H and O–H groups in total. The molecule has 0 bridgehead atoms. The van der Waals surface area contributed by atoms with Gasteiger partial charge in [0.2, 0.25) is 0 Å². The summed E-state index contributed by atoms with van der Waals surface area (Å²) in [6.45, 7) is 5.40. The molecule has 0 saturated carbocycles. The number of carbonyl (C=O) groups excluding carboxylic acids is 1. The molecule has 0 aliphatic carbocycles. The van der Waals surface area contributed by atoms with Gasteiger partial charge in [-0.25, -0.2) is 4.98 Å². The van der Waals surface area contributed by atoms with E-state index in [-0.39, 0.29) is 11.9 Å². The number of hydrogen-bond donors (Lipinski definition) is 1. The first-order chi connectivity index (χ1) is 12.5. The van der Waals surface area contributed by atoms with E-state index >= 15 is 0 Å². The van der Waals surface area contributed by atoms with Gasteiger partial charge in [0.25, 0.3) is 5.91 Å². The first-order valence-corrected chi connectivity index (χ1v) is 9.83. The Morgan fingerprint density at radius 1 is 1.12 bits per heavy atom. The number of amides is 1. The van der Waals surface area contributed by atoms with Crippen molar-refractivity contribution in [2.24, 2.45) is 5.92 Å². The largest absolute Gasteiger partial charge is 0.334 e. The quantitative estimate of drug-likeness (QED) is 0.696. The van der Waals surface area contributed by atoms with Gasteiger partial charge >= 0.3 is 0 Å². The summed E-state index contributed by atoms with van der Waals surface area (Å²) in [5.41, 5.74) is 2.27. The van der Waals surface area contributed by atoms with Crippen LogP contribution in [0.25, 0.3) is 10.2 Å². The number of rotatable bonds is 7. The SMILES string of the molecule is CC(C)[C@@H]([NH2+]CC(=O)N(C)Cc1nc2ccccc2s1)c1ccccc1. The molecule has 0 spiro atoms. The van der Waals surface area contributed by atoms with Gasteiger partial charge in [-0.2, -0.15) is 0 Å². The minimum absolute atomic E-state index is 0.130. The molecular formula is C21H26N3OS+. The van der Waals surface area contributed by atoms with Gasteiger partial charge in [-0.05, 0) is 12.1 Å². The molecule has 1 amide bonds. The summed E-state index contributed by atoms with van der Waals surface area (Å²) in [5.74, 6) is 0.589. The summed E-state index contributed by atoms with van der Waals surface area (Å²) in [5, 5.41) is 3.13. The molecule has 0 radical (unpaired) electrons. The van der Waals surface area contributed by atoms with Crippen LogP contribution in [0.2, 0.25) is 0 Å². The van der Waals surface area contributed by atoms with Crippen molar-refractivity contribution in [3.05, 3.63) is 65.2 Å². The van der Waals surface area contributed by atoms with Crippen LogP contribution in [-0.4, -0.2) is 29.4 Å². The Morgan fingerprint density at radius 2 is 1.81 bits per heavy atom. The smallest absolute Gasteiger partial charge is 0.277 e. The highest BCUT2D eigenvalue weighted by Gasteiger charge is 2.21. The highest BCUT2D eigenvalue weighted by atomic mass is 32.1. The van der Waals surface area contributed by atoms with E-state index in [1.807, 2.05) is 31.3 Å². The van der Waals surface area contributed by atoms with E-state index in [0.717, 1.165) is 10.5 Å². The number of fused-ring (bicyclic) bond motifs is 1. The Morgan fingerprint density at radius 3 is 2.50 bits per heavy atom. The number of quaternary nitrogens is 1. The predicted octanol–water partition coefficient (Wildman–Crippen LogP) is 3.22. The lowest BCUT2D eigenvalue weighted by Gasteiger charge is -2.21. The number of nitrogens with zero attached hydrogens (tertiary/aromatic N) is 2. The molecule has 3 rings (SSSR count). The molecule has 2 aromatic carbocycles. The molecule has 1 heterocycles. The van der Waals surface area contributed by atoms with Crippen molar-refractivity contribution < 1.29 is 10.1 Å². The molecule has 0 aliphatic rings. The monoisotopic (exact) mass is 368 g/mol. The summed E-state index contributed by atoms with van der Waals surface area (Å²) in [7, 11) is 1.86. The van der Waals surface area contributed by atoms with Gasteiger partial charge in [-0.3, -0.25) is 4.79 Å². The zero-order valence-electron chi connectivity index (χ0n) is 15.6. The van der Waals surface area contributed by atoms with E-state index in [1.54, 1.807) is 16.2 Å². The number of benzene rings is 2. The number of para-hydroxylation sites is 1. The molecular weight excluding hydrogens is 342 g/mol. The molecule has 1 aromatic heterocycles. The van der Waals surface area contributed by atoms with E-state index in [0.29, 0.717) is 19.0 Å². The second-order valence-corrected chi connectivity index (χ2v) is 8.06. The van der Waals surface area contributed by atoms with Crippen LogP contribution >= 0.6 is 11.3 Å². The van der Waals surface area contributed by atoms with Gasteiger partial charge in [-0.1, -0.05) is 56.3 Å². The van der Waals surface area contributed by atoms with Crippen molar-refractivity contribution in [1.29, 1.82) is 0 Å². The lowest BCUT2D eigenvalue weighted by molar-refractivity contribution is -0.692. The van der Waals surface area contributed by atoms with Gasteiger partial charge < -0.3 is 10.2 Å². The molecule has 0 fully saturated rings. The Hall–Kier alpha value is -2.24. The third-order valence-corrected chi connectivity index (χ3v) is 5.61. The molecule has 4 nitrogen and oxygen atoms in total. The number of aromatic nitrogens is 1. The summed E-state index contributed by atoms with van der Waals surface area (Å²) < 4.78 is 1.17. The zero-order chi connectivity index (χ0) is 18.5. The van der Waals surface area contributed by atoms with Crippen LogP contribution in [0.4, 0.5) is 0 Å². The molecule has 136 valence electrons. The number of carbonyl (C=O) groups is 1. The molecule has 0 unspecified atom stereocenters. The van der Waals surface area contributed by atoms with Crippen molar-refractivity contribution in [3.8, 4) is 0 Å². The van der Waals surface area contributed by atoms with Crippen LogP contribution in [0.15, 0.2) is 54.6 Å². The maximum absolute atomic E-state index is 12.6. The molecule has 0 saturated heterocycles. The Labute approximate surface area is 158 Å². The lowest BCUT2D eigenvalue weighted by atomic mass is 9.96. The van der Waals surface area contributed by atoms with E-state index in [4.69, 9.17) is 0 Å². The average molecular weight is 369 g/mol. The Balaban J connectivity index is 1.59. The highest BCUT2D eigenvalue weighted by molar-refractivity contribution is 7.18. The van der Waals surface area contributed by atoms with Crippen LogP contribution in [0.1, 0.15) is 30.5 Å². The molecule has 5 heteroatoms. The number of nitrogens with two attached hydrogens (primary N) is 1. The van der Waals surface area contributed by atoms with Gasteiger partial charge in [0.15, 0.2) is 6.54 Å². The van der Waals surface area contributed by atoms with E-state index in [9.17, 15) is 4.79 Å². The van der Waals surface area contributed by atoms with Crippen LogP contribution in [0.5, 0.6) is 0 Å². The van der Waals surface area contributed by atoms with Gasteiger partial charge in [0, 0.05) is 18.5 Å². The molecule has 3 aromatic rings. The third-order valence-electron chi connectivity index (χ3n) is 4.59. The van der Waals surface area contributed by atoms with Crippen molar-refractivity contribution >= 4 is 27.5 Å². The second-order valence-electron chi connectivity index (χ2n) is 6.95. The molecule has 26 heavy (non-hydrogen) atoms. The van der Waals surface area contributed by atoms with Crippen molar-refractivity contribution in [2.75, 3.05) is 13.6 Å². The summed E-state index contributed by atoms with van der Waals surface area (Å²) >= 11 is 1.65. The first kappa shape index (κ1) is 18.5. The second kappa shape index (κ2) is 8.43. The Bertz CT molecular complexity index is 827. The fourth-order valence-corrected chi connectivity index (χ4v) is 4.15. The van der Waals surface area contributed by atoms with Crippen molar-refractivity contribution in [1.82, 2.24) is 9.88 Å². The summed E-state index contributed by atoms with van der Waals surface area (Å²) in [6.07, 6.45) is 0. The van der Waals surface area contributed by atoms with E-state index < -0.39 is 0 Å². The van der Waals surface area contributed by atoms with E-state index in [1.165, 1.54) is 10.3 Å². The summed E-state index contributed by atoms with van der Waals surface area (Å²) in [4.78, 5) is 19.0. The maximum atomic E-state index is 12.6. The standard InChI is InChI=1S/C21H25N3OS/c1-15(2)21(16-9-5-4-6-10-16)22-13-20(25)24(3)14-19-23-17-11-7-8-12-18(17)26-19/h4-12,15,21-22H,13-14H2,1-3H3/p+1/t21-/m1/s1. The fourth-order valence-electron chi connectivity index (χ4n) is 3.13. The number of thiazole rings is 1. The minimum Gasteiger partial charge on any atom is -0.334 e. The highest BCUT2D eigenvalue weighted by Crippen LogP contribution is 2.22. The fraction of sp³-hybridized carbons (Fsp3) is 0.333. The third kappa shape index (κ3) is 4.48. The van der Waals surface area contributed by atoms with Crippen LogP contribution < -0.4 is 5.32 Å². The van der Waals surface area contributed by atoms with Crippen LogP contribution in [0.3, 0.4) is 0 Å². The Kier molecular flexibility index (Phi) is 6.01. The number of hydrogen-bond acceptors (Lipinski definition) is 3. The average Bonchev–Trinajstić information content (AvgIpc) is 3.04. The maximum Gasteiger partial charge on any atom is 0.277 e. The van der Waals surface area contributed by atoms with Crippen molar-refractivity contribution in [2.45, 2.75) is 26.4 Å². The van der Waals surface area contributed by atoms with Gasteiger partial charge in [0.1, 0.15) is 11.0 Å². The van der Waals surface area contributed by atoms with E-state index in [2.05, 4.69) is 54.5 Å². The predicted molar refractivity (Wildman–Crippen MR) is 107 cm³/mol. The van der Waals surface area contributed by atoms with Gasteiger partial charge in [0.05, 0.1) is 16.8 Å². The molecule has 0 aliphatic heterocycles. The van der Waals surface area contributed by atoms with Gasteiger partial charge in [-0.15, -0.1) is 11.3 Å². The summed E-state index contributed by atoms with van der Waals surface area (Å²) in [6, 6.07) is 18.8. The zero-order valence-corrected chi connectivity index (χ0v) is 16.4. The van der Waals surface area contributed by atoms with Crippen LogP contribution in [0, 0.1) is 5.92 Å². The lowest BCUT2D eigenvalue weighted by Crippen LogP contribution is -2.88. The topological polar surface area (TPSA) is 49.8 Å². The normalized spacial score (nSPS) is 12.5. The molecule has 1 atom stereocenters. The minimum atomic E-state index is 0.130. The van der Waals surface area contributed by atoms with Crippen molar-refractivity contribution in [3.63, 3.8) is 0 Å². The first-order valence-electron chi connectivity index (χ1n) is 9.01. The van der Waals surface area contributed by atoms with Crippen LogP contribution in [-0.2, 0) is 11.3 Å².